The molecule has 0 bridgehead atoms. The number of hydrogen-bond donors (Lipinski definition) is 3. The minimum Gasteiger partial charge on any atom is -0.399 e. The van der Waals surface area contributed by atoms with Crippen LogP contribution in [0.25, 0.3) is 56.3 Å². The lowest BCUT2D eigenvalue weighted by molar-refractivity contribution is -0.115. The first-order valence-corrected chi connectivity index (χ1v) is 43.2. The zero-order chi connectivity index (χ0) is 87.0. The molecule has 15 aromatic rings. The molecule has 4 aliphatic heterocycles. The highest BCUT2D eigenvalue weighted by molar-refractivity contribution is 14.1. The minimum absolute atomic E-state index is 0.0119. The Morgan fingerprint density at radius 3 is 1.25 bits per heavy atom. The van der Waals surface area contributed by atoms with Gasteiger partial charge in [-0.25, -0.2) is 61.8 Å². The van der Waals surface area contributed by atoms with Crippen molar-refractivity contribution >= 4 is 180 Å². The molecule has 2 saturated heterocycles. The number of amides is 2. The quantitative estimate of drug-likeness (QED) is 0.0688. The van der Waals surface area contributed by atoms with Gasteiger partial charge in [-0.1, -0.05) is 148 Å². The summed E-state index contributed by atoms with van der Waals surface area (Å²) in [4.78, 5) is 46.6. The topological polar surface area (TPSA) is 272 Å². The summed E-state index contributed by atoms with van der Waals surface area (Å²) in [5.74, 6) is -0.949. The third-order valence-corrected chi connectivity index (χ3v) is 23.8. The molecule has 2 fully saturated rings. The molecule has 19 rings (SSSR count). The number of nitrogens with zero attached hydrogens (tertiary/aromatic N) is 15. The molecule has 9 aromatic carbocycles. The summed E-state index contributed by atoms with van der Waals surface area (Å²) in [7, 11) is -0.835. The third kappa shape index (κ3) is 24.1. The molecule has 24 nitrogen and oxygen atoms in total. The van der Waals surface area contributed by atoms with Gasteiger partial charge in [0, 0.05) is 57.9 Å². The van der Waals surface area contributed by atoms with E-state index in [9.17, 15) is 22.8 Å². The fourth-order valence-corrected chi connectivity index (χ4v) is 14.1. The molecule has 4 aliphatic rings. The monoisotopic (exact) mass is 2160 g/mol. The number of benzene rings is 9. The highest BCUT2D eigenvalue weighted by Crippen LogP contribution is 2.40. The second kappa shape index (κ2) is 41.3. The number of anilines is 2. The average molecular weight is 2170 g/mol. The Labute approximate surface area is 772 Å². The lowest BCUT2D eigenvalue weighted by atomic mass is 9.78. The molecule has 10 heterocycles. The lowest BCUT2D eigenvalue weighted by Crippen LogP contribution is -2.41. The van der Waals surface area contributed by atoms with E-state index in [0.717, 1.165) is 73.9 Å². The Morgan fingerprint density at radius 2 is 0.828 bits per heavy atom. The van der Waals surface area contributed by atoms with Crippen molar-refractivity contribution < 1.29 is 41.4 Å². The van der Waals surface area contributed by atoms with Gasteiger partial charge in [-0.2, -0.15) is 25.5 Å². The zero-order valence-electron chi connectivity index (χ0n) is 66.1. The van der Waals surface area contributed by atoms with Gasteiger partial charge in [0.05, 0.1) is 80.1 Å². The summed E-state index contributed by atoms with van der Waals surface area (Å²) in [5, 5.41) is 28.6. The van der Waals surface area contributed by atoms with E-state index in [1.165, 1.54) is 59.7 Å². The first kappa shape index (κ1) is 91.7. The van der Waals surface area contributed by atoms with Crippen LogP contribution >= 0.6 is 132 Å². The van der Waals surface area contributed by atoms with Crippen LogP contribution in [0.2, 0.25) is 10.0 Å². The molecule has 122 heavy (non-hydrogen) atoms. The number of H-pyrrole nitrogens is 1. The zero-order valence-corrected chi connectivity index (χ0v) is 78.3. The molecule has 0 atom stereocenters. The van der Waals surface area contributed by atoms with Crippen LogP contribution in [0.3, 0.4) is 0 Å². The number of hydrogen-bond acceptors (Lipinski definition) is 17. The second-order valence-corrected chi connectivity index (χ2v) is 35.8. The van der Waals surface area contributed by atoms with Gasteiger partial charge in [-0.15, -0.1) is 0 Å². The van der Waals surface area contributed by atoms with E-state index in [4.69, 9.17) is 41.8 Å². The van der Waals surface area contributed by atoms with E-state index in [2.05, 4.69) is 197 Å². The van der Waals surface area contributed by atoms with Crippen molar-refractivity contribution in [1.82, 2.24) is 79.2 Å². The number of aromatic nitrogens is 16. The molecule has 3 N–H and O–H groups in total. The first-order valence-electron chi connectivity index (χ1n) is 37.1. The van der Waals surface area contributed by atoms with Gasteiger partial charge in [0.2, 0.25) is 11.8 Å². The number of fused-ring (bicyclic) bond motifs is 2. The van der Waals surface area contributed by atoms with Crippen molar-refractivity contribution in [3.05, 3.63) is 321 Å². The van der Waals surface area contributed by atoms with Gasteiger partial charge < -0.3 is 29.3 Å². The number of carbonyl (C=O) groups is 2. The Morgan fingerprint density at radius 1 is 0.426 bits per heavy atom. The van der Waals surface area contributed by atoms with Crippen molar-refractivity contribution in [2.45, 2.75) is 90.6 Å². The molecule has 0 aliphatic carbocycles. The largest absolute Gasteiger partial charge is 0.496 e. The molecular weight excluding hydrogens is 2090 g/mol. The second-order valence-electron chi connectivity index (χ2n) is 29.0. The lowest BCUT2D eigenvalue weighted by Gasteiger charge is -2.32. The van der Waals surface area contributed by atoms with E-state index in [1.807, 2.05) is 178 Å². The molecule has 0 unspecified atom stereocenters. The summed E-state index contributed by atoms with van der Waals surface area (Å²) < 4.78 is 77.7. The summed E-state index contributed by atoms with van der Waals surface area (Å²) in [6.45, 7) is 16.2. The first-order chi connectivity index (χ1) is 58.2. The van der Waals surface area contributed by atoms with Crippen LogP contribution in [-0.2, 0) is 41.0 Å². The van der Waals surface area contributed by atoms with E-state index in [-0.39, 0.29) is 54.0 Å². The maximum atomic E-state index is 14.9. The highest BCUT2D eigenvalue weighted by Gasteiger charge is 2.53. The fraction of sp³-hybridized carbons (Fsp3) is 0.165. The Hall–Kier alpha value is -9.51. The van der Waals surface area contributed by atoms with Crippen LogP contribution in [0.4, 0.5) is 24.5 Å². The van der Waals surface area contributed by atoms with Crippen LogP contribution in [0.1, 0.15) is 66.6 Å². The number of pyridine rings is 1. The van der Waals surface area contributed by atoms with E-state index in [0.29, 0.717) is 53.8 Å². The van der Waals surface area contributed by atoms with Gasteiger partial charge >= 0.3 is 14.2 Å². The molecule has 37 heteroatoms. The van der Waals surface area contributed by atoms with E-state index in [1.54, 1.807) is 80.4 Å². The van der Waals surface area contributed by atoms with Gasteiger partial charge in [0.1, 0.15) is 80.7 Å². The van der Waals surface area contributed by atoms with Crippen LogP contribution in [0.5, 0.6) is 0 Å². The van der Waals surface area contributed by atoms with Crippen LogP contribution < -0.4 is 21.6 Å². The Kier molecular flexibility index (Phi) is 31.1. The molecular formula is C85H73B2Br4Cl2F3I2N18O6. The maximum absolute atomic E-state index is 14.9. The predicted molar refractivity (Wildman–Crippen MR) is 497 cm³/mol. The van der Waals surface area contributed by atoms with Crippen molar-refractivity contribution in [2.24, 2.45) is 0 Å². The summed E-state index contributed by atoms with van der Waals surface area (Å²) >= 11 is 30.0. The van der Waals surface area contributed by atoms with Crippen molar-refractivity contribution in [1.29, 1.82) is 0 Å². The minimum atomic E-state index is -0.506. The van der Waals surface area contributed by atoms with E-state index >= 15 is 0 Å². The predicted octanol–water partition coefficient (Wildman–Crippen LogP) is 19.9. The Bertz CT molecular complexity index is 5950. The van der Waals surface area contributed by atoms with Crippen LogP contribution in [0, 0.1) is 24.6 Å². The van der Waals surface area contributed by atoms with Crippen molar-refractivity contribution in [3.8, 4) is 56.3 Å². The average Bonchev–Trinajstić information content (AvgIpc) is 1.61. The normalized spacial score (nSPS) is 14.4. The number of halogens is 11. The van der Waals surface area contributed by atoms with Gasteiger partial charge in [-0.05, 0) is 256 Å². The number of aromatic amines is 1. The van der Waals surface area contributed by atoms with Gasteiger partial charge in [-0.3, -0.25) is 14.7 Å². The highest BCUT2D eigenvalue weighted by atomic mass is 127. The van der Waals surface area contributed by atoms with Gasteiger partial charge in [0.25, 0.3) is 0 Å². The molecule has 6 aromatic heterocycles. The number of nitrogens with one attached hydrogen (secondary N) is 3. The molecule has 0 radical (unpaired) electrons. The smallest absolute Gasteiger partial charge is 0.399 e. The Balaban J connectivity index is 0.000000133. The standard InChI is InChI=1S/C21H13ClFN5O.C14H17BClNO3.C14H18BN3O2.C14H9BrFN3.C8H6BrN3.C6H3BrFI.C6H4BrI.C2H3N3/c22-16-8-18-19(9-20(29)26-18)27-21(16)13-3-6-15(17(23)7-13)12-1-4-14(5-2-12)28-11-24-10-25-28;1-13(2)14(3,4)20-15(19-13)9-5-8-6-12(18)17-11(8)7-10(9)16;1-13(2)14(3,4)20-15(19-13)11-5-7-12(8-6-11)18-10-16-9-17-18;15-11-3-6-13(14(16)7-11)10-1-4-12(5-2-10)19-9-17-8-18-19;9-7-1-3-8(4-2-7)12-6-10-5-11-12;7-4-1-2-6(9)5(8)3-4;7-5-1-3-6(8)4-2-5;1-3-2-5-4-1/h1-8,10-11H,9H2,(H,26,29);5,7H,6H2,1-4H3,(H,17,18);5-10H,1-4H3;1-9H;1-6H;1-3H;1-4H;1-2H,(H,3,4,5). The van der Waals surface area contributed by atoms with Crippen LogP contribution in [0.15, 0.2) is 275 Å². The van der Waals surface area contributed by atoms with E-state index < -0.39 is 18.3 Å². The summed E-state index contributed by atoms with van der Waals surface area (Å²) in [5.41, 5.74) is 10.6. The fourth-order valence-electron chi connectivity index (χ4n) is 11.7. The summed E-state index contributed by atoms with van der Waals surface area (Å²) in [6.07, 6.45) is 16.0. The van der Waals surface area contributed by atoms with Crippen LogP contribution in [-0.4, -0.2) is 128 Å². The summed E-state index contributed by atoms with van der Waals surface area (Å²) in [6, 6.07) is 59.1. The maximum Gasteiger partial charge on any atom is 0.496 e. The SMILES string of the molecule is Brc1ccc(-n2cncn2)cc1.Brc1ccc(I)cc1.CC1(C)OB(c2cc3c(cc2Cl)NC(=O)C3)OC1(C)C.CC1(C)OB(c2ccc(-n3cncn3)cc2)OC1(C)C.Fc1cc(Br)ccc1-c1ccc(-n2cncn2)cc1.Fc1cc(Br)ccc1I.O=C1Cc2nc(-c3ccc(-c4ccc(-n5cncn5)cc4)c(F)c3)c(Cl)cc2N1.c1nc[nH]n1. The molecule has 2 amide bonds. The third-order valence-electron chi connectivity index (χ3n) is 19.5. The van der Waals surface area contributed by atoms with Crippen molar-refractivity contribution in [3.63, 3.8) is 0 Å². The van der Waals surface area contributed by atoms with Crippen molar-refractivity contribution in [2.75, 3.05) is 10.6 Å². The number of rotatable bonds is 9. The molecule has 0 spiro atoms. The number of carbonyl (C=O) groups excluding carboxylic acids is 2. The molecule has 622 valence electrons. The molecule has 0 saturated carbocycles. The van der Waals surface area contributed by atoms with Gasteiger partial charge in [0.15, 0.2) is 0 Å².